The van der Waals surface area contributed by atoms with Crippen molar-refractivity contribution in [1.82, 2.24) is 0 Å². The fraction of sp³-hybridized carbons (Fsp3) is 0.556. The Labute approximate surface area is 294 Å². The van der Waals surface area contributed by atoms with Gasteiger partial charge in [-0.2, -0.15) is 0 Å². The van der Waals surface area contributed by atoms with Crippen molar-refractivity contribution in [3.63, 3.8) is 0 Å². The van der Waals surface area contributed by atoms with Crippen molar-refractivity contribution in [2.24, 2.45) is 11.8 Å². The molecular weight excluding hydrogens is 711 g/mol. The largest absolute Gasteiger partial charge is 1.00 e. The third-order valence-electron chi connectivity index (χ3n) is 11.6. The van der Waals surface area contributed by atoms with Crippen molar-refractivity contribution in [3.8, 4) is 0 Å². The van der Waals surface area contributed by atoms with Gasteiger partial charge in [0.1, 0.15) is 0 Å². The maximum absolute atomic E-state index is 6.69. The predicted molar refractivity (Wildman–Crippen MR) is 185 cm³/mol. The zero-order valence-electron chi connectivity index (χ0n) is 28.3. The Morgan fingerprint density at radius 1 is 0.614 bits per heavy atom. The van der Waals surface area contributed by atoms with Crippen LogP contribution in [0, 0.1) is 39.5 Å². The van der Waals surface area contributed by atoms with Gasteiger partial charge in [-0.1, -0.05) is 0 Å². The third kappa shape index (κ3) is 6.16. The van der Waals surface area contributed by atoms with Gasteiger partial charge in [0, 0.05) is 0 Å². The summed E-state index contributed by atoms with van der Waals surface area (Å²) >= 11 is -2.28. The van der Waals surface area contributed by atoms with Gasteiger partial charge in [0.25, 0.3) is 0 Å². The summed E-state index contributed by atoms with van der Waals surface area (Å²) in [7, 11) is 1.54. The van der Waals surface area contributed by atoms with Crippen LogP contribution in [0.4, 0.5) is 0 Å². The minimum atomic E-state index is -2.28. The van der Waals surface area contributed by atoms with Crippen LogP contribution in [0.3, 0.4) is 0 Å². The summed E-state index contributed by atoms with van der Waals surface area (Å²) in [6, 6.07) is 10.0. The van der Waals surface area contributed by atoms with E-state index in [4.69, 9.17) is 8.85 Å². The molecule has 0 aliphatic heterocycles. The van der Waals surface area contributed by atoms with Gasteiger partial charge in [-0.3, -0.25) is 0 Å². The first-order chi connectivity index (χ1) is 20.3. The molecule has 2 fully saturated rings. The molecule has 0 saturated heterocycles. The van der Waals surface area contributed by atoms with E-state index in [0.29, 0.717) is 19.1 Å². The molecule has 0 bridgehead atoms. The van der Waals surface area contributed by atoms with Crippen molar-refractivity contribution in [1.29, 1.82) is 0 Å². The van der Waals surface area contributed by atoms with Crippen LogP contribution in [0.5, 0.6) is 0 Å². The van der Waals surface area contributed by atoms with Crippen molar-refractivity contribution in [3.05, 3.63) is 79.9 Å². The fourth-order valence-electron chi connectivity index (χ4n) is 9.30. The second-order valence-electron chi connectivity index (χ2n) is 14.1. The summed E-state index contributed by atoms with van der Waals surface area (Å²) in [5, 5.41) is 0. The van der Waals surface area contributed by atoms with Crippen LogP contribution in [0.1, 0.15) is 116 Å². The molecule has 2 nitrogen and oxygen atoms in total. The SMILES string of the molecule is Cc1ccc2c(c1C)C(O[SiH3])=C(C1CCCCC1)[CH]2[Zr+2]([CH]1C(C2CCCCC2)=C(O[SiH3])c2c1ccc(C)c2C)[SiH](C)C.[Cl-].[Cl-]. The molecule has 8 heteroatoms. The van der Waals surface area contributed by atoms with Crippen LogP contribution in [0.15, 0.2) is 35.4 Å². The summed E-state index contributed by atoms with van der Waals surface area (Å²) < 4.78 is 14.7. The number of hydrogen-bond acceptors (Lipinski definition) is 2. The topological polar surface area (TPSA) is 18.5 Å². The summed E-state index contributed by atoms with van der Waals surface area (Å²) in [4.78, 5) is 0. The van der Waals surface area contributed by atoms with Crippen LogP contribution in [-0.2, 0) is 29.8 Å². The van der Waals surface area contributed by atoms with Crippen molar-refractivity contribution in [2.75, 3.05) is 0 Å². The fourth-order valence-corrected chi connectivity index (χ4v) is 32.9. The molecule has 2 atom stereocenters. The van der Waals surface area contributed by atoms with Gasteiger partial charge in [-0.25, -0.2) is 0 Å². The van der Waals surface area contributed by atoms with Gasteiger partial charge >= 0.3 is 272 Å². The summed E-state index contributed by atoms with van der Waals surface area (Å²) in [6.07, 6.45) is 13.8. The van der Waals surface area contributed by atoms with Crippen molar-refractivity contribution in [2.45, 2.75) is 112 Å². The second kappa shape index (κ2) is 15.2. The van der Waals surface area contributed by atoms with Crippen molar-refractivity contribution < 1.29 is 54.6 Å². The quantitative estimate of drug-likeness (QED) is 0.399. The van der Waals surface area contributed by atoms with Crippen LogP contribution >= 0.6 is 0 Å². The Balaban J connectivity index is 0.00000221. The van der Waals surface area contributed by atoms with Crippen LogP contribution < -0.4 is 24.8 Å². The molecular formula is C36H53Cl2O2Si3Zr. The van der Waals surface area contributed by atoms with Gasteiger partial charge in [0.05, 0.1) is 0 Å². The molecule has 239 valence electrons. The van der Waals surface area contributed by atoms with Gasteiger partial charge in [-0.05, 0) is 0 Å². The average Bonchev–Trinajstić information content (AvgIpc) is 3.51. The van der Waals surface area contributed by atoms with E-state index in [-0.39, 0.29) is 24.8 Å². The molecule has 6 rings (SSSR count). The maximum atomic E-state index is 6.69. The van der Waals surface area contributed by atoms with E-state index >= 15 is 0 Å². The second-order valence-corrected chi connectivity index (χ2v) is 35.0. The summed E-state index contributed by atoms with van der Waals surface area (Å²) in [5.74, 6) is 3.13. The van der Waals surface area contributed by atoms with Gasteiger partial charge in [-0.15, -0.1) is 0 Å². The molecule has 4 aliphatic carbocycles. The van der Waals surface area contributed by atoms with E-state index in [1.54, 1.807) is 22.3 Å². The molecule has 2 unspecified atom stereocenters. The molecule has 2 saturated carbocycles. The number of aryl methyl sites for hydroxylation is 2. The normalized spacial score (nSPS) is 22.2. The zero-order valence-corrected chi connectivity index (χ0v) is 37.5. The van der Waals surface area contributed by atoms with Gasteiger partial charge < -0.3 is 24.8 Å². The van der Waals surface area contributed by atoms with E-state index in [2.05, 4.69) is 65.1 Å². The van der Waals surface area contributed by atoms with Crippen LogP contribution in [-0.4, -0.2) is 26.9 Å². The molecule has 2 aromatic carbocycles. The summed E-state index contributed by atoms with van der Waals surface area (Å²) in [5.41, 5.74) is 15.8. The molecule has 4 aliphatic rings. The Morgan fingerprint density at radius 3 is 1.30 bits per heavy atom. The number of halogens is 2. The molecule has 0 spiro atoms. The van der Waals surface area contributed by atoms with E-state index in [1.165, 1.54) is 109 Å². The molecule has 0 heterocycles. The van der Waals surface area contributed by atoms with Crippen LogP contribution in [0.25, 0.3) is 11.5 Å². The smallest absolute Gasteiger partial charge is 1.00 e. The molecule has 0 N–H and O–H groups in total. The predicted octanol–water partition coefficient (Wildman–Crippen LogP) is 1.52. The minimum absolute atomic E-state index is 0. The Hall–Kier alpha value is -0.366. The van der Waals surface area contributed by atoms with Crippen molar-refractivity contribution >= 4 is 38.4 Å². The molecule has 0 amide bonds. The molecule has 2 aromatic rings. The Bertz CT molecular complexity index is 1320. The Morgan fingerprint density at radius 2 is 0.977 bits per heavy atom. The first kappa shape index (κ1) is 36.5. The Kier molecular flexibility index (Phi) is 12.6. The number of fused-ring (bicyclic) bond motifs is 2. The minimum Gasteiger partial charge on any atom is -1.00 e. The van der Waals surface area contributed by atoms with E-state index < -0.39 is 26.8 Å². The van der Waals surface area contributed by atoms with E-state index in [0.717, 1.165) is 21.0 Å². The van der Waals surface area contributed by atoms with E-state index in [9.17, 15) is 0 Å². The maximum Gasteiger partial charge on any atom is -1.00 e. The summed E-state index contributed by atoms with van der Waals surface area (Å²) in [6.45, 7) is 14.9. The molecule has 0 aromatic heterocycles. The first-order valence-electron chi connectivity index (χ1n) is 16.9. The van der Waals surface area contributed by atoms with Gasteiger partial charge in [0.15, 0.2) is 0 Å². The first-order valence-corrected chi connectivity index (χ1v) is 28.5. The number of hydrogen-bond donors (Lipinski definition) is 0. The third-order valence-corrected chi connectivity index (χ3v) is 33.9. The number of benzene rings is 2. The molecule has 44 heavy (non-hydrogen) atoms. The van der Waals surface area contributed by atoms with Crippen LogP contribution in [0.2, 0.25) is 13.1 Å². The standard InChI is InChI=1S/2C17H23OSi.C2H7Si.2ClH.Zr/c2*1-11-8-9-14-10-15(13-6-4-3-5-7-13)17(18-19)16(14)12(11)2;1-3-2;;;/h2*8-10,13H,3-7H2,1-2,19H3;3H,1-2H3;2*1H;/q;;;;;+2/p-2. The number of rotatable bonds is 7. The zero-order chi connectivity index (χ0) is 29.7. The van der Waals surface area contributed by atoms with Gasteiger partial charge in [0.2, 0.25) is 0 Å². The number of allylic oxidation sites excluding steroid dienone is 2. The monoisotopic (exact) mass is 761 g/mol. The van der Waals surface area contributed by atoms with E-state index in [1.807, 2.05) is 0 Å². The molecule has 0 radical (unpaired) electrons. The average molecular weight is 764 g/mol.